The molecule has 0 N–H and O–H groups in total. The van der Waals surface area contributed by atoms with Gasteiger partial charge >= 0.3 is 0 Å². The molecule has 0 saturated carbocycles. The van der Waals surface area contributed by atoms with E-state index in [2.05, 4.69) is 0 Å². The van der Waals surface area contributed by atoms with Crippen molar-refractivity contribution in [2.75, 3.05) is 52.7 Å². The first kappa shape index (κ1) is 18.9. The van der Waals surface area contributed by atoms with Gasteiger partial charge in [0.05, 0.1) is 39.6 Å². The summed E-state index contributed by atoms with van der Waals surface area (Å²) in [6.45, 7) is 7.08. The van der Waals surface area contributed by atoms with E-state index >= 15 is 0 Å². The number of hydrogen-bond acceptors (Lipinski definition) is 6. The highest BCUT2D eigenvalue weighted by atomic mass is 16.5. The van der Waals surface area contributed by atoms with E-state index in [1.54, 1.807) is 18.7 Å². The predicted molar refractivity (Wildman–Crippen MR) is 77.0 cm³/mol. The van der Waals surface area contributed by atoms with E-state index < -0.39 is 11.9 Å². The molecule has 0 aromatic rings. The second kappa shape index (κ2) is 10.5. The second-order valence-electron chi connectivity index (χ2n) is 5.52. The third-order valence-electron chi connectivity index (χ3n) is 3.60. The molecule has 0 aromatic carbocycles. The molecule has 0 unspecified atom stereocenters. The van der Waals surface area contributed by atoms with Crippen LogP contribution in [-0.4, -0.2) is 69.5 Å². The molecule has 1 aliphatic rings. The number of carbonyl (C=O) groups is 2. The van der Waals surface area contributed by atoms with Gasteiger partial charge in [-0.25, -0.2) is 0 Å². The second-order valence-corrected chi connectivity index (χ2v) is 5.52. The van der Waals surface area contributed by atoms with Crippen LogP contribution in [0.15, 0.2) is 0 Å². The molecule has 22 heavy (non-hydrogen) atoms. The summed E-state index contributed by atoms with van der Waals surface area (Å²) in [5, 5.41) is 10.8. The van der Waals surface area contributed by atoms with Crippen molar-refractivity contribution in [2.45, 2.75) is 20.3 Å². The number of amides is 1. The van der Waals surface area contributed by atoms with Gasteiger partial charge in [-0.15, -0.1) is 0 Å². The number of rotatable bonds is 4. The quantitative estimate of drug-likeness (QED) is 0.681. The standard InChI is InChI=1S/C15H27NO6/c1-12(11-13(2)15(18)19)14(17)16-3-5-20-7-9-22-10-8-21-6-4-16/h12-13H,3-11H2,1-2H3,(H,18,19)/p-1/t12-,13+/m1/s1. The number of hydrogen-bond donors (Lipinski definition) is 0. The molecule has 1 heterocycles. The third-order valence-corrected chi connectivity index (χ3v) is 3.60. The molecule has 128 valence electrons. The number of aliphatic carboxylic acids is 1. The van der Waals surface area contributed by atoms with Crippen molar-refractivity contribution in [1.29, 1.82) is 0 Å². The Labute approximate surface area is 131 Å². The summed E-state index contributed by atoms with van der Waals surface area (Å²) in [6, 6.07) is 0. The highest BCUT2D eigenvalue weighted by molar-refractivity contribution is 5.79. The maximum Gasteiger partial charge on any atom is 0.225 e. The van der Waals surface area contributed by atoms with E-state index in [0.717, 1.165) is 0 Å². The summed E-state index contributed by atoms with van der Waals surface area (Å²) >= 11 is 0. The molecule has 0 bridgehead atoms. The van der Waals surface area contributed by atoms with Crippen LogP contribution in [0.2, 0.25) is 0 Å². The van der Waals surface area contributed by atoms with Gasteiger partial charge in [0.2, 0.25) is 5.91 Å². The van der Waals surface area contributed by atoms with Crippen LogP contribution in [0.1, 0.15) is 20.3 Å². The lowest BCUT2D eigenvalue weighted by Crippen LogP contribution is -2.41. The van der Waals surface area contributed by atoms with Crippen LogP contribution in [0.4, 0.5) is 0 Å². The lowest BCUT2D eigenvalue weighted by molar-refractivity contribution is -0.311. The van der Waals surface area contributed by atoms with Gasteiger partial charge in [0.25, 0.3) is 0 Å². The first-order chi connectivity index (χ1) is 10.5. The van der Waals surface area contributed by atoms with Crippen LogP contribution < -0.4 is 5.11 Å². The first-order valence-corrected chi connectivity index (χ1v) is 7.75. The monoisotopic (exact) mass is 316 g/mol. The fourth-order valence-corrected chi connectivity index (χ4v) is 2.26. The van der Waals surface area contributed by atoms with Crippen LogP contribution in [0.25, 0.3) is 0 Å². The number of carboxylic acid groups (broad SMARTS) is 1. The molecule has 0 aliphatic carbocycles. The Morgan fingerprint density at radius 1 is 0.909 bits per heavy atom. The van der Waals surface area contributed by atoms with Crippen molar-refractivity contribution in [2.24, 2.45) is 11.8 Å². The zero-order valence-corrected chi connectivity index (χ0v) is 13.4. The molecule has 1 aliphatic heterocycles. The van der Waals surface area contributed by atoms with Gasteiger partial charge < -0.3 is 29.0 Å². The average molecular weight is 316 g/mol. The van der Waals surface area contributed by atoms with E-state index in [1.807, 2.05) is 0 Å². The minimum atomic E-state index is -1.12. The first-order valence-electron chi connectivity index (χ1n) is 7.75. The predicted octanol–water partition coefficient (Wildman–Crippen LogP) is -0.709. The molecule has 1 rings (SSSR count). The van der Waals surface area contributed by atoms with Crippen molar-refractivity contribution in [1.82, 2.24) is 4.90 Å². The molecule has 7 heteroatoms. The van der Waals surface area contributed by atoms with Gasteiger partial charge in [0, 0.05) is 25.0 Å². The Bertz CT molecular complexity index is 337. The van der Waals surface area contributed by atoms with Crippen LogP contribution in [-0.2, 0) is 23.8 Å². The molecule has 7 nitrogen and oxygen atoms in total. The Morgan fingerprint density at radius 3 is 1.82 bits per heavy atom. The summed E-state index contributed by atoms with van der Waals surface area (Å²) in [7, 11) is 0. The van der Waals surface area contributed by atoms with Crippen molar-refractivity contribution < 1.29 is 28.9 Å². The fourth-order valence-electron chi connectivity index (χ4n) is 2.26. The van der Waals surface area contributed by atoms with Gasteiger partial charge in [0.1, 0.15) is 0 Å². The molecule has 1 fully saturated rings. The average Bonchev–Trinajstić information content (AvgIpc) is 2.47. The van der Waals surface area contributed by atoms with Crippen molar-refractivity contribution in [3.63, 3.8) is 0 Å². The van der Waals surface area contributed by atoms with Crippen molar-refractivity contribution in [3.05, 3.63) is 0 Å². The Hall–Kier alpha value is -1.18. The van der Waals surface area contributed by atoms with Crippen molar-refractivity contribution in [3.8, 4) is 0 Å². The normalized spacial score (nSPS) is 21.3. The summed E-state index contributed by atoms with van der Waals surface area (Å²) in [6.07, 6.45) is 0.271. The molecule has 0 spiro atoms. The molecule has 2 atom stereocenters. The van der Waals surface area contributed by atoms with E-state index in [1.165, 1.54) is 0 Å². The number of carbonyl (C=O) groups excluding carboxylic acids is 2. The summed E-state index contributed by atoms with van der Waals surface area (Å²) in [4.78, 5) is 24.9. The number of carboxylic acids is 1. The topological polar surface area (TPSA) is 88.1 Å². The molecule has 1 amide bonds. The van der Waals surface area contributed by atoms with Gasteiger partial charge in [-0.05, 0) is 12.3 Å². The van der Waals surface area contributed by atoms with Crippen LogP contribution >= 0.6 is 0 Å². The summed E-state index contributed by atoms with van der Waals surface area (Å²) in [5.74, 6) is -2.21. The van der Waals surface area contributed by atoms with E-state index in [4.69, 9.17) is 14.2 Å². The van der Waals surface area contributed by atoms with Crippen molar-refractivity contribution >= 4 is 11.9 Å². The Balaban J connectivity index is 2.51. The smallest absolute Gasteiger partial charge is 0.225 e. The zero-order chi connectivity index (χ0) is 16.4. The Morgan fingerprint density at radius 2 is 1.36 bits per heavy atom. The highest BCUT2D eigenvalue weighted by Gasteiger charge is 2.22. The SMILES string of the molecule is C[C@H](C[C@H](C)C(=O)[O-])C(=O)N1CCOCCOCCOCC1. The zero-order valence-electron chi connectivity index (χ0n) is 13.4. The van der Waals surface area contributed by atoms with Gasteiger partial charge in [-0.3, -0.25) is 4.79 Å². The van der Waals surface area contributed by atoms with Gasteiger partial charge in [0.15, 0.2) is 0 Å². The largest absolute Gasteiger partial charge is 0.550 e. The third kappa shape index (κ3) is 7.20. The summed E-state index contributed by atoms with van der Waals surface area (Å²) in [5.41, 5.74) is 0. The minimum Gasteiger partial charge on any atom is -0.550 e. The lowest BCUT2D eigenvalue weighted by atomic mass is 9.96. The molecule has 0 aromatic heterocycles. The van der Waals surface area contributed by atoms with Crippen LogP contribution in [0.5, 0.6) is 0 Å². The van der Waals surface area contributed by atoms with Crippen LogP contribution in [0, 0.1) is 11.8 Å². The summed E-state index contributed by atoms with van der Waals surface area (Å²) < 4.78 is 16.1. The molecular weight excluding hydrogens is 290 g/mol. The minimum absolute atomic E-state index is 0.0754. The van der Waals surface area contributed by atoms with Crippen LogP contribution in [0.3, 0.4) is 0 Å². The van der Waals surface area contributed by atoms with E-state index in [0.29, 0.717) is 52.7 Å². The highest BCUT2D eigenvalue weighted by Crippen LogP contribution is 2.14. The van der Waals surface area contributed by atoms with Gasteiger partial charge in [-0.1, -0.05) is 13.8 Å². The van der Waals surface area contributed by atoms with E-state index in [9.17, 15) is 14.7 Å². The maximum atomic E-state index is 12.4. The molecule has 0 radical (unpaired) electrons. The fraction of sp³-hybridized carbons (Fsp3) is 0.867. The molecular formula is C15H26NO6-. The maximum absolute atomic E-state index is 12.4. The number of nitrogens with zero attached hydrogens (tertiary/aromatic N) is 1. The number of ether oxygens (including phenoxy) is 3. The van der Waals surface area contributed by atoms with E-state index in [-0.39, 0.29) is 18.2 Å². The Kier molecular flexibility index (Phi) is 9.03. The molecule has 1 saturated heterocycles. The van der Waals surface area contributed by atoms with Gasteiger partial charge in [-0.2, -0.15) is 0 Å². The lowest BCUT2D eigenvalue weighted by Gasteiger charge is -2.27.